The van der Waals surface area contributed by atoms with E-state index in [4.69, 9.17) is 14.2 Å². The number of hydrogen-bond donors (Lipinski definition) is 2. The molecule has 0 aromatic heterocycles. The van der Waals surface area contributed by atoms with Crippen molar-refractivity contribution in [3.8, 4) is 17.2 Å². The lowest BCUT2D eigenvalue weighted by molar-refractivity contribution is -0.114. The molecule has 156 valence electrons. The molecule has 0 unspecified atom stereocenters. The van der Waals surface area contributed by atoms with Crippen molar-refractivity contribution in [1.82, 2.24) is 0 Å². The minimum absolute atomic E-state index is 0.144. The minimum atomic E-state index is -0.152. The van der Waals surface area contributed by atoms with Gasteiger partial charge in [0, 0.05) is 5.69 Å². The van der Waals surface area contributed by atoms with Crippen molar-refractivity contribution in [3.05, 3.63) is 78.9 Å². The molecule has 0 fully saturated rings. The fraction of sp³-hybridized carbons (Fsp3) is 0.208. The fourth-order valence-corrected chi connectivity index (χ4v) is 2.73. The number of rotatable bonds is 11. The normalized spacial score (nSPS) is 10.2. The van der Waals surface area contributed by atoms with E-state index >= 15 is 0 Å². The quantitative estimate of drug-likeness (QED) is 0.456. The number of nitrogens with one attached hydrogen (secondary N) is 2. The molecule has 0 aliphatic rings. The first-order chi connectivity index (χ1) is 14.7. The van der Waals surface area contributed by atoms with Gasteiger partial charge in [0.1, 0.15) is 30.5 Å². The predicted octanol–water partition coefficient (Wildman–Crippen LogP) is 4.59. The molecular weight excluding hydrogens is 380 g/mol. The molecule has 3 aromatic rings. The van der Waals surface area contributed by atoms with E-state index in [2.05, 4.69) is 10.6 Å². The summed E-state index contributed by atoms with van der Waals surface area (Å²) in [6, 6.07) is 24.4. The molecule has 0 spiro atoms. The number of ether oxygens (including phenoxy) is 3. The number of carbonyl (C=O) groups excluding carboxylic acids is 1. The van der Waals surface area contributed by atoms with Gasteiger partial charge in [-0.05, 0) is 55.5 Å². The molecule has 0 saturated heterocycles. The SMILES string of the molecule is CCOc1ccccc1NC(=O)CNc1ccc(OCCOc2ccccc2)cc1. The van der Waals surface area contributed by atoms with Gasteiger partial charge in [0.05, 0.1) is 18.8 Å². The first-order valence-corrected chi connectivity index (χ1v) is 9.91. The summed E-state index contributed by atoms with van der Waals surface area (Å²) in [4.78, 5) is 12.2. The van der Waals surface area contributed by atoms with E-state index in [0.29, 0.717) is 31.3 Å². The van der Waals surface area contributed by atoms with E-state index in [1.165, 1.54) is 0 Å². The van der Waals surface area contributed by atoms with E-state index in [1.807, 2.05) is 85.8 Å². The van der Waals surface area contributed by atoms with Gasteiger partial charge < -0.3 is 24.8 Å². The zero-order valence-corrected chi connectivity index (χ0v) is 17.0. The fourth-order valence-electron chi connectivity index (χ4n) is 2.73. The number of para-hydroxylation sites is 3. The standard InChI is InChI=1S/C24H26N2O4/c1-2-28-23-11-7-6-10-22(23)26-24(27)18-25-19-12-14-21(15-13-19)30-17-16-29-20-8-4-3-5-9-20/h3-15,25H,2,16-18H2,1H3,(H,26,27). The number of benzene rings is 3. The Kier molecular flexibility index (Phi) is 7.97. The second kappa shape index (κ2) is 11.4. The Morgan fingerprint density at radius 1 is 0.767 bits per heavy atom. The summed E-state index contributed by atoms with van der Waals surface area (Å²) in [5.41, 5.74) is 1.49. The molecule has 6 nitrogen and oxygen atoms in total. The highest BCUT2D eigenvalue weighted by atomic mass is 16.5. The first-order valence-electron chi connectivity index (χ1n) is 9.91. The molecule has 3 rings (SSSR count). The van der Waals surface area contributed by atoms with E-state index < -0.39 is 0 Å². The predicted molar refractivity (Wildman–Crippen MR) is 119 cm³/mol. The third-order valence-corrected chi connectivity index (χ3v) is 4.13. The molecule has 0 saturated carbocycles. The van der Waals surface area contributed by atoms with Gasteiger partial charge in [-0.1, -0.05) is 30.3 Å². The third-order valence-electron chi connectivity index (χ3n) is 4.13. The summed E-state index contributed by atoms with van der Waals surface area (Å²) in [5.74, 6) is 2.07. The molecule has 0 radical (unpaired) electrons. The minimum Gasteiger partial charge on any atom is -0.492 e. The van der Waals surface area contributed by atoms with Crippen molar-refractivity contribution in [1.29, 1.82) is 0 Å². The van der Waals surface area contributed by atoms with Crippen LogP contribution in [0.2, 0.25) is 0 Å². The average Bonchev–Trinajstić information content (AvgIpc) is 2.78. The van der Waals surface area contributed by atoms with Crippen LogP contribution in [0, 0.1) is 0 Å². The van der Waals surface area contributed by atoms with Gasteiger partial charge in [-0.25, -0.2) is 0 Å². The van der Waals surface area contributed by atoms with Gasteiger partial charge in [-0.15, -0.1) is 0 Å². The smallest absolute Gasteiger partial charge is 0.243 e. The van der Waals surface area contributed by atoms with Crippen molar-refractivity contribution in [2.45, 2.75) is 6.92 Å². The van der Waals surface area contributed by atoms with Crippen molar-refractivity contribution < 1.29 is 19.0 Å². The van der Waals surface area contributed by atoms with Crippen molar-refractivity contribution >= 4 is 17.3 Å². The van der Waals surface area contributed by atoms with Gasteiger partial charge in [0.2, 0.25) is 5.91 Å². The third kappa shape index (κ3) is 6.74. The van der Waals surface area contributed by atoms with Gasteiger partial charge in [-0.2, -0.15) is 0 Å². The van der Waals surface area contributed by atoms with Crippen molar-refractivity contribution in [2.75, 3.05) is 37.0 Å². The maximum Gasteiger partial charge on any atom is 0.243 e. The Hall–Kier alpha value is -3.67. The van der Waals surface area contributed by atoms with Gasteiger partial charge >= 0.3 is 0 Å². The maximum atomic E-state index is 12.2. The van der Waals surface area contributed by atoms with Gasteiger partial charge in [-0.3, -0.25) is 4.79 Å². The number of carbonyl (C=O) groups is 1. The highest BCUT2D eigenvalue weighted by Crippen LogP contribution is 2.23. The number of hydrogen-bond acceptors (Lipinski definition) is 5. The summed E-state index contributed by atoms with van der Waals surface area (Å²) in [6.07, 6.45) is 0. The van der Waals surface area contributed by atoms with Crippen molar-refractivity contribution in [2.24, 2.45) is 0 Å². The molecule has 0 heterocycles. The Morgan fingerprint density at radius 3 is 2.10 bits per heavy atom. The highest BCUT2D eigenvalue weighted by molar-refractivity contribution is 5.95. The van der Waals surface area contributed by atoms with E-state index in [1.54, 1.807) is 0 Å². The van der Waals surface area contributed by atoms with E-state index in [0.717, 1.165) is 17.2 Å². The van der Waals surface area contributed by atoms with Crippen LogP contribution in [0.5, 0.6) is 17.2 Å². The van der Waals surface area contributed by atoms with E-state index in [-0.39, 0.29) is 12.5 Å². The van der Waals surface area contributed by atoms with Crippen LogP contribution in [0.1, 0.15) is 6.92 Å². The van der Waals surface area contributed by atoms with Crippen molar-refractivity contribution in [3.63, 3.8) is 0 Å². The van der Waals surface area contributed by atoms with Crippen LogP contribution in [0.3, 0.4) is 0 Å². The highest BCUT2D eigenvalue weighted by Gasteiger charge is 2.07. The van der Waals surface area contributed by atoms with Crippen LogP contribution >= 0.6 is 0 Å². The largest absolute Gasteiger partial charge is 0.492 e. The topological polar surface area (TPSA) is 68.8 Å². The second-order valence-corrected chi connectivity index (χ2v) is 6.37. The second-order valence-electron chi connectivity index (χ2n) is 6.37. The monoisotopic (exact) mass is 406 g/mol. The van der Waals surface area contributed by atoms with Crippen LogP contribution in [-0.2, 0) is 4.79 Å². The molecule has 2 N–H and O–H groups in total. The molecule has 0 aliphatic carbocycles. The van der Waals surface area contributed by atoms with Crippen LogP contribution < -0.4 is 24.8 Å². The first kappa shape index (κ1) is 21.0. The molecule has 0 aliphatic heterocycles. The Labute approximate surface area is 176 Å². The lowest BCUT2D eigenvalue weighted by atomic mass is 10.3. The molecule has 6 heteroatoms. The number of amides is 1. The van der Waals surface area contributed by atoms with Crippen LogP contribution in [0.25, 0.3) is 0 Å². The molecular formula is C24H26N2O4. The lowest BCUT2D eigenvalue weighted by Crippen LogP contribution is -2.22. The Balaban J connectivity index is 1.39. The summed E-state index contributed by atoms with van der Waals surface area (Å²) < 4.78 is 16.8. The zero-order chi connectivity index (χ0) is 21.0. The van der Waals surface area contributed by atoms with Crippen LogP contribution in [0.4, 0.5) is 11.4 Å². The lowest BCUT2D eigenvalue weighted by Gasteiger charge is -2.12. The molecule has 0 bridgehead atoms. The van der Waals surface area contributed by atoms with Crippen LogP contribution in [0.15, 0.2) is 78.9 Å². The molecule has 3 aromatic carbocycles. The zero-order valence-electron chi connectivity index (χ0n) is 17.0. The molecule has 0 atom stereocenters. The Bertz CT molecular complexity index is 914. The molecule has 1 amide bonds. The maximum absolute atomic E-state index is 12.2. The van der Waals surface area contributed by atoms with E-state index in [9.17, 15) is 4.79 Å². The Morgan fingerprint density at radius 2 is 1.40 bits per heavy atom. The number of anilines is 2. The molecule has 30 heavy (non-hydrogen) atoms. The van der Waals surface area contributed by atoms with Gasteiger partial charge in [0.15, 0.2) is 0 Å². The summed E-state index contributed by atoms with van der Waals surface area (Å²) in [6.45, 7) is 3.50. The summed E-state index contributed by atoms with van der Waals surface area (Å²) in [5, 5.41) is 5.96. The van der Waals surface area contributed by atoms with Crippen LogP contribution in [-0.4, -0.2) is 32.3 Å². The summed E-state index contributed by atoms with van der Waals surface area (Å²) in [7, 11) is 0. The van der Waals surface area contributed by atoms with Gasteiger partial charge in [0.25, 0.3) is 0 Å². The average molecular weight is 406 g/mol. The summed E-state index contributed by atoms with van der Waals surface area (Å²) >= 11 is 0.